The van der Waals surface area contributed by atoms with Crippen molar-refractivity contribution in [3.8, 4) is 0 Å². The Morgan fingerprint density at radius 2 is 1.87 bits per heavy atom. The summed E-state index contributed by atoms with van der Waals surface area (Å²) in [6.07, 6.45) is 8.17. The lowest BCUT2D eigenvalue weighted by Gasteiger charge is -2.50. The standard InChI is InChI=1S/C12H16O3/c13-9-7-10-1-3-11(10,8-9)12(4-2-10)14-5-6-15-12/h1,3,9,13H,2,4-8H2/t9-,10-,11-/m0/s1. The zero-order valence-electron chi connectivity index (χ0n) is 8.74. The van der Waals surface area contributed by atoms with E-state index in [2.05, 4.69) is 12.2 Å². The van der Waals surface area contributed by atoms with Crippen LogP contribution >= 0.6 is 0 Å². The van der Waals surface area contributed by atoms with Gasteiger partial charge in [-0.15, -0.1) is 0 Å². The number of rotatable bonds is 0. The second-order valence-corrected chi connectivity index (χ2v) is 5.47. The van der Waals surface area contributed by atoms with Crippen LogP contribution in [-0.2, 0) is 9.47 Å². The molecule has 3 heteroatoms. The molecule has 0 unspecified atom stereocenters. The highest BCUT2D eigenvalue weighted by atomic mass is 16.7. The van der Waals surface area contributed by atoms with Crippen LogP contribution in [0, 0.1) is 10.8 Å². The smallest absolute Gasteiger partial charge is 0.178 e. The van der Waals surface area contributed by atoms with Crippen LogP contribution in [0.15, 0.2) is 12.2 Å². The van der Waals surface area contributed by atoms with Gasteiger partial charge in [-0.3, -0.25) is 0 Å². The van der Waals surface area contributed by atoms with E-state index in [1.807, 2.05) is 0 Å². The van der Waals surface area contributed by atoms with Crippen LogP contribution in [0.25, 0.3) is 0 Å². The highest BCUT2D eigenvalue weighted by Gasteiger charge is 2.75. The first kappa shape index (κ1) is 8.74. The van der Waals surface area contributed by atoms with Crippen molar-refractivity contribution >= 4 is 0 Å². The summed E-state index contributed by atoms with van der Waals surface area (Å²) in [5.41, 5.74) is 0.187. The molecule has 4 aliphatic rings. The van der Waals surface area contributed by atoms with Crippen LogP contribution in [0.1, 0.15) is 25.7 Å². The van der Waals surface area contributed by atoms with E-state index in [1.54, 1.807) is 0 Å². The maximum Gasteiger partial charge on any atom is 0.178 e. The number of ether oxygens (including phenoxy) is 2. The molecule has 0 amide bonds. The molecule has 1 spiro atoms. The Balaban J connectivity index is 1.84. The van der Waals surface area contributed by atoms with Gasteiger partial charge in [-0.05, 0) is 19.3 Å². The van der Waals surface area contributed by atoms with Crippen LogP contribution in [0.3, 0.4) is 0 Å². The average molecular weight is 208 g/mol. The van der Waals surface area contributed by atoms with Gasteiger partial charge in [0.05, 0.1) is 24.7 Å². The molecule has 0 bridgehead atoms. The predicted octanol–water partition coefficient (Wildman–Crippen LogP) is 1.22. The molecule has 0 aromatic carbocycles. The normalized spacial score (nSPS) is 54.3. The van der Waals surface area contributed by atoms with Crippen molar-refractivity contribution in [1.82, 2.24) is 0 Å². The molecule has 3 aliphatic carbocycles. The van der Waals surface area contributed by atoms with Crippen molar-refractivity contribution in [3.05, 3.63) is 12.2 Å². The summed E-state index contributed by atoms with van der Waals surface area (Å²) in [7, 11) is 0. The molecule has 1 heterocycles. The number of allylic oxidation sites excluding steroid dienone is 1. The van der Waals surface area contributed by atoms with E-state index < -0.39 is 0 Å². The Labute approximate surface area is 89.1 Å². The third kappa shape index (κ3) is 0.718. The van der Waals surface area contributed by atoms with Crippen molar-refractivity contribution in [1.29, 1.82) is 0 Å². The molecule has 3 atom stereocenters. The molecule has 15 heavy (non-hydrogen) atoms. The van der Waals surface area contributed by atoms with Crippen LogP contribution in [-0.4, -0.2) is 30.2 Å². The van der Waals surface area contributed by atoms with Crippen molar-refractivity contribution < 1.29 is 14.6 Å². The summed E-state index contributed by atoms with van der Waals surface area (Å²) in [4.78, 5) is 0. The Morgan fingerprint density at radius 1 is 1.07 bits per heavy atom. The van der Waals surface area contributed by atoms with Crippen LogP contribution in [0.4, 0.5) is 0 Å². The van der Waals surface area contributed by atoms with E-state index in [9.17, 15) is 5.11 Å². The van der Waals surface area contributed by atoms with Gasteiger partial charge >= 0.3 is 0 Å². The van der Waals surface area contributed by atoms with E-state index >= 15 is 0 Å². The number of aliphatic hydroxyl groups excluding tert-OH is 1. The second kappa shape index (κ2) is 2.31. The molecule has 3 fully saturated rings. The SMILES string of the molecule is O[C@H]1C[C@@]23C=C[C@@]2(C1)C1(CC3)OCCO1. The Bertz CT molecular complexity index is 345. The fraction of sp³-hybridized carbons (Fsp3) is 0.833. The quantitative estimate of drug-likeness (QED) is 0.608. The molecule has 0 aromatic heterocycles. The molecule has 0 aromatic rings. The van der Waals surface area contributed by atoms with Gasteiger partial charge in [-0.25, -0.2) is 0 Å². The summed E-state index contributed by atoms with van der Waals surface area (Å²) in [6.45, 7) is 1.42. The van der Waals surface area contributed by atoms with Crippen molar-refractivity contribution in [2.75, 3.05) is 13.2 Å². The van der Waals surface area contributed by atoms with Gasteiger partial charge in [0.15, 0.2) is 5.79 Å². The lowest BCUT2D eigenvalue weighted by atomic mass is 9.58. The topological polar surface area (TPSA) is 38.7 Å². The highest BCUT2D eigenvalue weighted by molar-refractivity contribution is 5.38. The maximum atomic E-state index is 9.90. The van der Waals surface area contributed by atoms with E-state index in [0.29, 0.717) is 13.2 Å². The van der Waals surface area contributed by atoms with Crippen LogP contribution in [0.2, 0.25) is 0 Å². The van der Waals surface area contributed by atoms with Gasteiger partial charge in [0.2, 0.25) is 0 Å². The fourth-order valence-corrected chi connectivity index (χ4v) is 4.44. The van der Waals surface area contributed by atoms with Crippen molar-refractivity contribution in [2.24, 2.45) is 10.8 Å². The minimum atomic E-state index is -0.390. The zero-order valence-corrected chi connectivity index (χ0v) is 8.74. The van der Waals surface area contributed by atoms with Crippen LogP contribution in [0.5, 0.6) is 0 Å². The van der Waals surface area contributed by atoms with Gasteiger partial charge < -0.3 is 14.6 Å². The summed E-state index contributed by atoms with van der Waals surface area (Å²) in [5, 5.41) is 9.90. The summed E-state index contributed by atoms with van der Waals surface area (Å²) in [6, 6.07) is 0. The van der Waals surface area contributed by atoms with Crippen LogP contribution < -0.4 is 0 Å². The molecule has 2 saturated carbocycles. The zero-order chi connectivity index (χ0) is 10.1. The fourth-order valence-electron chi connectivity index (χ4n) is 4.44. The number of hydrogen-bond donors (Lipinski definition) is 1. The monoisotopic (exact) mass is 208 g/mol. The Hall–Kier alpha value is -0.380. The van der Waals surface area contributed by atoms with Gasteiger partial charge in [0.1, 0.15) is 0 Å². The van der Waals surface area contributed by atoms with Gasteiger partial charge in [0.25, 0.3) is 0 Å². The highest BCUT2D eigenvalue weighted by Crippen LogP contribution is 2.74. The van der Waals surface area contributed by atoms with Gasteiger partial charge in [-0.2, -0.15) is 0 Å². The molecular formula is C12H16O3. The molecule has 82 valence electrons. The predicted molar refractivity (Wildman–Crippen MR) is 53.1 cm³/mol. The molecule has 4 rings (SSSR count). The van der Waals surface area contributed by atoms with E-state index in [0.717, 1.165) is 25.7 Å². The molecule has 1 N–H and O–H groups in total. The lowest BCUT2D eigenvalue weighted by molar-refractivity contribution is -0.222. The maximum absolute atomic E-state index is 9.90. The van der Waals surface area contributed by atoms with E-state index in [1.165, 1.54) is 0 Å². The third-order valence-electron chi connectivity index (χ3n) is 5.07. The van der Waals surface area contributed by atoms with Crippen molar-refractivity contribution in [3.63, 3.8) is 0 Å². The molecule has 1 saturated heterocycles. The molecule has 3 nitrogen and oxygen atoms in total. The largest absolute Gasteiger partial charge is 0.393 e. The van der Waals surface area contributed by atoms with Gasteiger partial charge in [-0.1, -0.05) is 12.2 Å². The lowest BCUT2D eigenvalue weighted by Crippen LogP contribution is -2.52. The first-order chi connectivity index (χ1) is 7.22. The first-order valence-corrected chi connectivity index (χ1v) is 5.89. The van der Waals surface area contributed by atoms with Crippen molar-refractivity contribution in [2.45, 2.75) is 37.6 Å². The third-order valence-corrected chi connectivity index (χ3v) is 5.07. The minimum absolute atomic E-state index is 0.00405. The molecule has 0 radical (unpaired) electrons. The second-order valence-electron chi connectivity index (χ2n) is 5.47. The summed E-state index contributed by atoms with van der Waals surface area (Å²) < 4.78 is 11.8. The molecule has 1 aliphatic heterocycles. The Morgan fingerprint density at radius 3 is 2.53 bits per heavy atom. The number of hydrogen-bond acceptors (Lipinski definition) is 3. The summed E-state index contributed by atoms with van der Waals surface area (Å²) in [5.74, 6) is -0.390. The first-order valence-electron chi connectivity index (χ1n) is 5.89. The summed E-state index contributed by atoms with van der Waals surface area (Å²) >= 11 is 0. The minimum Gasteiger partial charge on any atom is -0.393 e. The molecular weight excluding hydrogens is 192 g/mol. The average Bonchev–Trinajstić information content (AvgIpc) is 2.76. The van der Waals surface area contributed by atoms with E-state index in [4.69, 9.17) is 9.47 Å². The van der Waals surface area contributed by atoms with E-state index in [-0.39, 0.29) is 22.7 Å². The Kier molecular flexibility index (Phi) is 1.35. The van der Waals surface area contributed by atoms with Gasteiger partial charge in [0, 0.05) is 11.8 Å². The number of aliphatic hydroxyl groups is 1.